The van der Waals surface area contributed by atoms with Gasteiger partial charge in [0.2, 0.25) is 5.91 Å². The van der Waals surface area contributed by atoms with Gasteiger partial charge in [-0.05, 0) is 56.2 Å². The van der Waals surface area contributed by atoms with Gasteiger partial charge in [-0.2, -0.15) is 0 Å². The van der Waals surface area contributed by atoms with Crippen LogP contribution < -0.4 is 10.1 Å². The molecule has 1 N–H and O–H groups in total. The zero-order valence-electron chi connectivity index (χ0n) is 14.7. The van der Waals surface area contributed by atoms with Gasteiger partial charge < -0.3 is 15.0 Å². The maximum absolute atomic E-state index is 12.7. The SMILES string of the molecule is CCN(Cc1ccc(OC)cc1)C(=O)CC1CC2CCC(C1)N2.Cl. The fourth-order valence-corrected chi connectivity index (χ4v) is 4.05. The molecule has 2 aliphatic heterocycles. The number of nitrogens with one attached hydrogen (secondary N) is 1. The van der Waals surface area contributed by atoms with Gasteiger partial charge in [-0.1, -0.05) is 12.1 Å². The molecule has 0 spiro atoms. The first-order valence-electron chi connectivity index (χ1n) is 8.84. The lowest BCUT2D eigenvalue weighted by atomic mass is 9.89. The van der Waals surface area contributed by atoms with Crippen molar-refractivity contribution < 1.29 is 9.53 Å². The Labute approximate surface area is 151 Å². The molecule has 0 aliphatic carbocycles. The van der Waals surface area contributed by atoms with Gasteiger partial charge in [0, 0.05) is 31.6 Å². The third-order valence-electron chi connectivity index (χ3n) is 5.30. The lowest BCUT2D eigenvalue weighted by molar-refractivity contribution is -0.132. The van der Waals surface area contributed by atoms with Crippen LogP contribution in [0.5, 0.6) is 5.75 Å². The molecule has 2 unspecified atom stereocenters. The van der Waals surface area contributed by atoms with Crippen molar-refractivity contribution in [1.82, 2.24) is 10.2 Å². The molecule has 2 aliphatic rings. The van der Waals surface area contributed by atoms with Crippen molar-refractivity contribution >= 4 is 18.3 Å². The van der Waals surface area contributed by atoms with E-state index in [1.165, 1.54) is 25.7 Å². The predicted octanol–water partition coefficient (Wildman–Crippen LogP) is 3.39. The van der Waals surface area contributed by atoms with Crippen molar-refractivity contribution in [3.63, 3.8) is 0 Å². The number of hydrogen-bond acceptors (Lipinski definition) is 3. The maximum Gasteiger partial charge on any atom is 0.223 e. The van der Waals surface area contributed by atoms with Gasteiger partial charge in [0.15, 0.2) is 0 Å². The van der Waals surface area contributed by atoms with Crippen LogP contribution in [0.2, 0.25) is 0 Å². The average molecular weight is 353 g/mol. The molecule has 134 valence electrons. The van der Waals surface area contributed by atoms with E-state index in [-0.39, 0.29) is 12.4 Å². The fraction of sp³-hybridized carbons (Fsp3) is 0.632. The van der Waals surface area contributed by atoms with Gasteiger partial charge in [-0.25, -0.2) is 0 Å². The van der Waals surface area contributed by atoms with Gasteiger partial charge in [0.05, 0.1) is 7.11 Å². The fourth-order valence-electron chi connectivity index (χ4n) is 4.05. The normalized spacial score (nSPS) is 25.0. The molecule has 1 amide bonds. The van der Waals surface area contributed by atoms with E-state index in [0.29, 0.717) is 36.9 Å². The lowest BCUT2D eigenvalue weighted by Gasteiger charge is -2.30. The molecule has 2 atom stereocenters. The van der Waals surface area contributed by atoms with E-state index >= 15 is 0 Å². The largest absolute Gasteiger partial charge is 0.497 e. The Kier molecular flexibility index (Phi) is 6.93. The lowest BCUT2D eigenvalue weighted by Crippen LogP contribution is -2.40. The van der Waals surface area contributed by atoms with Crippen molar-refractivity contribution in [3.05, 3.63) is 29.8 Å². The summed E-state index contributed by atoms with van der Waals surface area (Å²) < 4.78 is 5.19. The van der Waals surface area contributed by atoms with E-state index in [4.69, 9.17) is 4.74 Å². The number of halogens is 1. The molecule has 0 aromatic heterocycles. The number of piperidine rings is 1. The first kappa shape index (κ1) is 19.1. The minimum absolute atomic E-state index is 0. The highest BCUT2D eigenvalue weighted by Gasteiger charge is 2.34. The van der Waals surface area contributed by atoms with Crippen LogP contribution in [0.3, 0.4) is 0 Å². The third kappa shape index (κ3) is 4.64. The number of methoxy groups -OCH3 is 1. The Hall–Kier alpha value is -1.26. The molecule has 2 saturated heterocycles. The molecule has 1 aromatic carbocycles. The van der Waals surface area contributed by atoms with Gasteiger partial charge in [-0.3, -0.25) is 4.79 Å². The van der Waals surface area contributed by atoms with Gasteiger partial charge >= 0.3 is 0 Å². The zero-order valence-corrected chi connectivity index (χ0v) is 15.5. The smallest absolute Gasteiger partial charge is 0.223 e. The van der Waals surface area contributed by atoms with E-state index in [0.717, 1.165) is 17.9 Å². The first-order chi connectivity index (χ1) is 11.2. The quantitative estimate of drug-likeness (QED) is 0.853. The third-order valence-corrected chi connectivity index (χ3v) is 5.30. The molecule has 0 saturated carbocycles. The molecule has 1 aromatic rings. The van der Waals surface area contributed by atoms with E-state index in [2.05, 4.69) is 12.2 Å². The second kappa shape index (κ2) is 8.72. The van der Waals surface area contributed by atoms with E-state index in [1.807, 2.05) is 29.2 Å². The van der Waals surface area contributed by atoms with Crippen molar-refractivity contribution in [3.8, 4) is 5.75 Å². The topological polar surface area (TPSA) is 41.6 Å². The van der Waals surface area contributed by atoms with Crippen LogP contribution in [0.15, 0.2) is 24.3 Å². The minimum atomic E-state index is 0. The van der Waals surface area contributed by atoms with Crippen LogP contribution >= 0.6 is 12.4 Å². The molecule has 24 heavy (non-hydrogen) atoms. The average Bonchev–Trinajstić information content (AvgIpc) is 2.91. The number of ether oxygens (including phenoxy) is 1. The van der Waals surface area contributed by atoms with Crippen LogP contribution in [0.4, 0.5) is 0 Å². The Bertz CT molecular complexity index is 523. The predicted molar refractivity (Wildman–Crippen MR) is 98.6 cm³/mol. The Morgan fingerprint density at radius 2 is 1.83 bits per heavy atom. The van der Waals surface area contributed by atoms with Crippen LogP contribution in [0.1, 0.15) is 44.6 Å². The molecule has 5 heteroatoms. The summed E-state index contributed by atoms with van der Waals surface area (Å²) in [5, 5.41) is 3.65. The Morgan fingerprint density at radius 3 is 2.38 bits per heavy atom. The number of fused-ring (bicyclic) bond motifs is 2. The Balaban J connectivity index is 0.00000208. The Morgan fingerprint density at radius 1 is 1.21 bits per heavy atom. The second-order valence-electron chi connectivity index (χ2n) is 6.94. The number of hydrogen-bond donors (Lipinski definition) is 1. The number of carbonyl (C=O) groups excluding carboxylic acids is 1. The van der Waals surface area contributed by atoms with Gasteiger partial charge in [0.1, 0.15) is 5.75 Å². The highest BCUT2D eigenvalue weighted by molar-refractivity contribution is 5.85. The van der Waals surface area contributed by atoms with E-state index < -0.39 is 0 Å². The summed E-state index contributed by atoms with van der Waals surface area (Å²) in [7, 11) is 1.67. The van der Waals surface area contributed by atoms with Crippen molar-refractivity contribution in [2.24, 2.45) is 5.92 Å². The molecule has 4 nitrogen and oxygen atoms in total. The van der Waals surface area contributed by atoms with Crippen LogP contribution in [-0.4, -0.2) is 36.5 Å². The summed E-state index contributed by atoms with van der Waals surface area (Å²) in [6.07, 6.45) is 5.63. The molecule has 2 heterocycles. The monoisotopic (exact) mass is 352 g/mol. The molecular weight excluding hydrogens is 324 g/mol. The first-order valence-corrected chi connectivity index (χ1v) is 8.84. The van der Waals surface area contributed by atoms with Crippen LogP contribution in [0, 0.1) is 5.92 Å². The molecule has 2 bridgehead atoms. The van der Waals surface area contributed by atoms with Crippen molar-refractivity contribution in [2.45, 2.75) is 57.7 Å². The maximum atomic E-state index is 12.7. The number of carbonyl (C=O) groups is 1. The van der Waals surface area contributed by atoms with Crippen molar-refractivity contribution in [2.75, 3.05) is 13.7 Å². The summed E-state index contributed by atoms with van der Waals surface area (Å²) in [6, 6.07) is 9.31. The standard InChI is InChI=1S/C19H28N2O2.ClH/c1-3-21(13-14-4-8-18(23-2)9-5-14)19(22)12-15-10-16-6-7-17(11-15)20-16;/h4-5,8-9,15-17,20H,3,6-7,10-13H2,1-2H3;1H. The number of amides is 1. The van der Waals surface area contributed by atoms with Crippen molar-refractivity contribution in [1.29, 1.82) is 0 Å². The molecule has 3 rings (SSSR count). The number of nitrogens with zero attached hydrogens (tertiary/aromatic N) is 1. The van der Waals surface area contributed by atoms with E-state index in [1.54, 1.807) is 7.11 Å². The van der Waals surface area contributed by atoms with Gasteiger partial charge in [0.25, 0.3) is 0 Å². The minimum Gasteiger partial charge on any atom is -0.497 e. The summed E-state index contributed by atoms with van der Waals surface area (Å²) >= 11 is 0. The molecule has 2 fully saturated rings. The van der Waals surface area contributed by atoms with Gasteiger partial charge in [-0.15, -0.1) is 12.4 Å². The second-order valence-corrected chi connectivity index (χ2v) is 6.94. The van der Waals surface area contributed by atoms with Crippen LogP contribution in [-0.2, 0) is 11.3 Å². The van der Waals surface area contributed by atoms with E-state index in [9.17, 15) is 4.79 Å². The summed E-state index contributed by atoms with van der Waals surface area (Å²) in [5.41, 5.74) is 1.16. The molecule has 0 radical (unpaired) electrons. The number of rotatable bonds is 6. The zero-order chi connectivity index (χ0) is 16.2. The molecular formula is C19H29ClN2O2. The highest BCUT2D eigenvalue weighted by Crippen LogP contribution is 2.33. The highest BCUT2D eigenvalue weighted by atomic mass is 35.5. The summed E-state index contributed by atoms with van der Waals surface area (Å²) in [6.45, 7) is 3.52. The summed E-state index contributed by atoms with van der Waals surface area (Å²) in [5.74, 6) is 1.72. The van der Waals surface area contributed by atoms with Crippen LogP contribution in [0.25, 0.3) is 0 Å². The number of benzene rings is 1. The summed E-state index contributed by atoms with van der Waals surface area (Å²) in [4.78, 5) is 14.7.